The van der Waals surface area contributed by atoms with E-state index in [0.29, 0.717) is 12.4 Å². The molecule has 0 spiro atoms. The molecule has 7 nitrogen and oxygen atoms in total. The Kier molecular flexibility index (Phi) is 4.31. The van der Waals surface area contributed by atoms with E-state index in [0.717, 1.165) is 11.1 Å². The van der Waals surface area contributed by atoms with Crippen molar-refractivity contribution < 1.29 is 14.2 Å². The van der Waals surface area contributed by atoms with Crippen LogP contribution in [0.4, 0.5) is 0 Å². The summed E-state index contributed by atoms with van der Waals surface area (Å²) in [4.78, 5) is 4.22. The summed E-state index contributed by atoms with van der Waals surface area (Å²) in [5.41, 5.74) is 5.23. The van der Waals surface area contributed by atoms with Crippen molar-refractivity contribution in [3.63, 3.8) is 0 Å². The summed E-state index contributed by atoms with van der Waals surface area (Å²) in [6, 6.07) is 21.6. The summed E-state index contributed by atoms with van der Waals surface area (Å²) in [5.74, 6) is -1.50. The van der Waals surface area contributed by atoms with Gasteiger partial charge >= 0.3 is 0 Å². The van der Waals surface area contributed by atoms with Crippen LogP contribution in [0.25, 0.3) is 0 Å². The largest absolute Gasteiger partial charge is 0.489 e. The van der Waals surface area contributed by atoms with Crippen LogP contribution in [0.1, 0.15) is 17.0 Å². The van der Waals surface area contributed by atoms with Crippen LogP contribution in [0.15, 0.2) is 59.6 Å². The molecule has 7 heteroatoms. The van der Waals surface area contributed by atoms with E-state index in [1.807, 2.05) is 54.6 Å². The van der Waals surface area contributed by atoms with Crippen molar-refractivity contribution in [1.29, 1.82) is 10.5 Å². The van der Waals surface area contributed by atoms with Gasteiger partial charge in [-0.25, -0.2) is 4.99 Å². The zero-order chi connectivity index (χ0) is 20.7. The number of aliphatic imine (C=N–C) groups is 1. The van der Waals surface area contributed by atoms with Gasteiger partial charge in [-0.15, -0.1) is 0 Å². The molecule has 1 aliphatic heterocycles. The number of hydrogen-bond acceptors (Lipinski definition) is 7. The topological polar surface area (TPSA) is 114 Å². The third kappa shape index (κ3) is 2.26. The van der Waals surface area contributed by atoms with E-state index in [4.69, 9.17) is 19.9 Å². The zero-order valence-corrected chi connectivity index (χ0v) is 16.1. The number of nitrogens with zero attached hydrogens (tertiary/aromatic N) is 3. The first kappa shape index (κ1) is 18.9. The first-order chi connectivity index (χ1) is 14.0. The highest BCUT2D eigenvalue weighted by atomic mass is 16.7. The van der Waals surface area contributed by atoms with Crippen molar-refractivity contribution in [3.8, 4) is 17.9 Å². The molecule has 2 N–H and O–H groups in total. The van der Waals surface area contributed by atoms with Crippen molar-refractivity contribution >= 4 is 5.84 Å². The second kappa shape index (κ2) is 6.59. The molecule has 1 saturated carbocycles. The molecule has 146 valence electrons. The lowest BCUT2D eigenvalue weighted by molar-refractivity contribution is -0.230. The predicted octanol–water partition coefficient (Wildman–Crippen LogP) is 2.70. The van der Waals surface area contributed by atoms with E-state index >= 15 is 0 Å². The minimum absolute atomic E-state index is 0.0471. The van der Waals surface area contributed by atoms with Gasteiger partial charge in [0.25, 0.3) is 5.91 Å². The summed E-state index contributed by atoms with van der Waals surface area (Å²) in [6.45, 7) is 0.408. The van der Waals surface area contributed by atoms with Crippen molar-refractivity contribution in [2.45, 2.75) is 18.4 Å². The number of amidine groups is 1. The summed E-state index contributed by atoms with van der Waals surface area (Å²) in [6.07, 6.45) is 0. The van der Waals surface area contributed by atoms with Gasteiger partial charge < -0.3 is 19.9 Å². The number of methoxy groups -OCH3 is 2. The minimum atomic E-state index is -1.63. The smallest absolute Gasteiger partial charge is 0.292 e. The fourth-order valence-electron chi connectivity index (χ4n) is 4.55. The summed E-state index contributed by atoms with van der Waals surface area (Å²) >= 11 is 0. The number of ether oxygens (including phenoxy) is 3. The molecule has 2 aromatic rings. The maximum atomic E-state index is 10.1. The summed E-state index contributed by atoms with van der Waals surface area (Å²) in [7, 11) is 2.78. The van der Waals surface area contributed by atoms with Crippen LogP contribution in [0.3, 0.4) is 0 Å². The van der Waals surface area contributed by atoms with Gasteiger partial charge in [0.05, 0.1) is 12.1 Å². The van der Waals surface area contributed by atoms with E-state index in [2.05, 4.69) is 17.1 Å². The van der Waals surface area contributed by atoms with E-state index in [1.54, 1.807) is 0 Å². The highest BCUT2D eigenvalue weighted by Crippen LogP contribution is 2.81. The lowest BCUT2D eigenvalue weighted by atomic mass is 9.93. The van der Waals surface area contributed by atoms with Crippen LogP contribution in [0, 0.1) is 33.5 Å². The van der Waals surface area contributed by atoms with E-state index in [-0.39, 0.29) is 5.84 Å². The van der Waals surface area contributed by atoms with Gasteiger partial charge in [-0.2, -0.15) is 10.5 Å². The highest BCUT2D eigenvalue weighted by Gasteiger charge is 2.93. The molecule has 1 fully saturated rings. The Bertz CT molecular complexity index is 1050. The Balaban J connectivity index is 1.70. The van der Waals surface area contributed by atoms with E-state index in [9.17, 15) is 10.5 Å². The first-order valence-electron chi connectivity index (χ1n) is 9.10. The third-order valence-corrected chi connectivity index (χ3v) is 5.92. The molecule has 0 radical (unpaired) electrons. The molecule has 0 unspecified atom stereocenters. The molecule has 29 heavy (non-hydrogen) atoms. The lowest BCUT2D eigenvalue weighted by Crippen LogP contribution is -2.41. The fourth-order valence-corrected chi connectivity index (χ4v) is 4.55. The van der Waals surface area contributed by atoms with E-state index < -0.39 is 22.7 Å². The SMILES string of the molecule is COC1(OC)N=C(N)[C@]2(C#N)[C@H](c3cccc(OCc4ccccc4)c3)[C@@]12C#N. The van der Waals surface area contributed by atoms with Gasteiger partial charge in [0.15, 0.2) is 5.41 Å². The molecule has 1 heterocycles. The Hall–Kier alpha value is -3.39. The molecule has 4 rings (SSSR count). The molecule has 3 atom stereocenters. The summed E-state index contributed by atoms with van der Waals surface area (Å²) < 4.78 is 16.9. The highest BCUT2D eigenvalue weighted by molar-refractivity contribution is 6.00. The van der Waals surface area contributed by atoms with Gasteiger partial charge in [-0.05, 0) is 23.3 Å². The Morgan fingerprint density at radius 1 is 1.03 bits per heavy atom. The van der Waals surface area contributed by atoms with Crippen LogP contribution < -0.4 is 10.5 Å². The van der Waals surface area contributed by atoms with Crippen LogP contribution in [-0.4, -0.2) is 26.0 Å². The summed E-state index contributed by atoms with van der Waals surface area (Å²) in [5, 5.41) is 20.1. The fraction of sp³-hybridized carbons (Fsp3) is 0.318. The predicted molar refractivity (Wildman–Crippen MR) is 104 cm³/mol. The molecule has 0 aromatic heterocycles. The third-order valence-electron chi connectivity index (χ3n) is 5.92. The van der Waals surface area contributed by atoms with Gasteiger partial charge in [0.2, 0.25) is 0 Å². The lowest BCUT2D eigenvalue weighted by Gasteiger charge is -2.29. The molecule has 2 aromatic carbocycles. The Morgan fingerprint density at radius 3 is 2.38 bits per heavy atom. The van der Waals surface area contributed by atoms with Gasteiger partial charge in [0, 0.05) is 20.1 Å². The molecule has 0 saturated heterocycles. The standard InChI is InChI=1S/C22H20N4O3/c1-27-22(28-2)21(14-24)18(20(21,13-23)19(25)26-22)16-9-6-10-17(11-16)29-12-15-7-4-3-5-8-15/h3-11,18H,12H2,1-2H3,(H2,25,26)/t18-,20-,21+/m0/s1. The number of nitriles is 2. The second-order valence-corrected chi connectivity index (χ2v) is 7.11. The van der Waals surface area contributed by atoms with Crippen LogP contribution >= 0.6 is 0 Å². The number of fused-ring (bicyclic) bond motifs is 1. The maximum Gasteiger partial charge on any atom is 0.292 e. The normalized spacial score (nSPS) is 28.6. The Labute approximate surface area is 168 Å². The minimum Gasteiger partial charge on any atom is -0.489 e. The molecule has 0 bridgehead atoms. The van der Waals surface area contributed by atoms with E-state index in [1.165, 1.54) is 14.2 Å². The average Bonchev–Trinajstić information content (AvgIpc) is 3.35. The molecular formula is C22H20N4O3. The van der Waals surface area contributed by atoms with Gasteiger partial charge in [0.1, 0.15) is 23.6 Å². The van der Waals surface area contributed by atoms with Crippen LogP contribution in [0.5, 0.6) is 5.75 Å². The second-order valence-electron chi connectivity index (χ2n) is 7.11. The molecular weight excluding hydrogens is 368 g/mol. The first-order valence-corrected chi connectivity index (χ1v) is 9.10. The quantitative estimate of drug-likeness (QED) is 0.761. The van der Waals surface area contributed by atoms with Crippen LogP contribution in [-0.2, 0) is 16.1 Å². The molecule has 0 amide bonds. The molecule has 2 aliphatic rings. The Morgan fingerprint density at radius 2 is 1.76 bits per heavy atom. The van der Waals surface area contributed by atoms with Crippen molar-refractivity contribution in [2.24, 2.45) is 21.6 Å². The van der Waals surface area contributed by atoms with Gasteiger partial charge in [-0.1, -0.05) is 42.5 Å². The average molecular weight is 388 g/mol. The zero-order valence-electron chi connectivity index (χ0n) is 16.1. The number of rotatable bonds is 6. The number of benzene rings is 2. The maximum absolute atomic E-state index is 10.1. The monoisotopic (exact) mass is 388 g/mol. The number of hydrogen-bond donors (Lipinski definition) is 1. The molecule has 1 aliphatic carbocycles. The van der Waals surface area contributed by atoms with Gasteiger partial charge in [-0.3, -0.25) is 0 Å². The number of nitrogens with two attached hydrogens (primary N) is 1. The van der Waals surface area contributed by atoms with Crippen molar-refractivity contribution in [2.75, 3.05) is 14.2 Å². The van der Waals surface area contributed by atoms with Crippen molar-refractivity contribution in [3.05, 3.63) is 65.7 Å². The van der Waals surface area contributed by atoms with Crippen LogP contribution in [0.2, 0.25) is 0 Å². The van der Waals surface area contributed by atoms with Crippen molar-refractivity contribution in [1.82, 2.24) is 0 Å².